The van der Waals surface area contributed by atoms with Gasteiger partial charge in [0.25, 0.3) is 0 Å². The molecule has 0 saturated carbocycles. The van der Waals surface area contributed by atoms with Crippen LogP contribution in [0.4, 0.5) is 11.4 Å². The first-order valence-corrected chi connectivity index (χ1v) is 11.3. The lowest BCUT2D eigenvalue weighted by Crippen LogP contribution is -2.40. The van der Waals surface area contributed by atoms with Crippen molar-refractivity contribution in [3.63, 3.8) is 0 Å². The molecule has 0 atom stereocenters. The lowest BCUT2D eigenvalue weighted by Gasteiger charge is -2.26. The van der Waals surface area contributed by atoms with Crippen LogP contribution in [0, 0.1) is 11.3 Å². The quantitative estimate of drug-likeness (QED) is 0.639. The average Bonchev–Trinajstić information content (AvgIpc) is 2.79. The fourth-order valence-electron chi connectivity index (χ4n) is 3.05. The predicted octanol–water partition coefficient (Wildman–Crippen LogP) is 2.03. The molecule has 164 valence electrons. The van der Waals surface area contributed by atoms with E-state index in [1.54, 1.807) is 30.3 Å². The molecule has 2 aromatic carbocycles. The number of hydrogen-bond donors (Lipinski definition) is 2. The van der Waals surface area contributed by atoms with E-state index in [0.717, 1.165) is 0 Å². The maximum Gasteiger partial charge on any atom is 0.243 e. The number of carbonyl (C=O) groups excluding carboxylic acids is 1. The van der Waals surface area contributed by atoms with Crippen molar-refractivity contribution >= 4 is 27.3 Å². The SMILES string of the molecule is CCOc1ccc(C#N)cc1NCC(=O)Nc1ccc(S(=O)(=O)N2CCOCC2)cc1. The van der Waals surface area contributed by atoms with Gasteiger partial charge in [-0.1, -0.05) is 0 Å². The highest BCUT2D eigenvalue weighted by atomic mass is 32.2. The number of amides is 1. The molecule has 0 spiro atoms. The minimum atomic E-state index is -3.58. The molecule has 0 aliphatic carbocycles. The van der Waals surface area contributed by atoms with Gasteiger partial charge in [-0.05, 0) is 49.4 Å². The number of anilines is 2. The number of morpholine rings is 1. The normalized spacial score (nSPS) is 14.5. The Hall–Kier alpha value is -3.13. The summed E-state index contributed by atoms with van der Waals surface area (Å²) in [6, 6.07) is 13.0. The molecule has 1 heterocycles. The van der Waals surface area contributed by atoms with Crippen molar-refractivity contribution in [3.05, 3.63) is 48.0 Å². The number of nitriles is 1. The van der Waals surface area contributed by atoms with E-state index in [9.17, 15) is 13.2 Å². The van der Waals surface area contributed by atoms with Crippen LogP contribution in [0.25, 0.3) is 0 Å². The standard InChI is InChI=1S/C21H24N4O5S/c1-2-30-20-8-3-16(14-22)13-19(20)23-15-21(26)24-17-4-6-18(7-5-17)31(27,28)25-9-11-29-12-10-25/h3-8,13,23H,2,9-12,15H2,1H3,(H,24,26). The number of sulfonamides is 1. The Balaban J connectivity index is 1.61. The van der Waals surface area contributed by atoms with Gasteiger partial charge in [0.2, 0.25) is 15.9 Å². The maximum atomic E-state index is 12.7. The van der Waals surface area contributed by atoms with Gasteiger partial charge in [0.15, 0.2) is 0 Å². The van der Waals surface area contributed by atoms with Crippen LogP contribution in [0.15, 0.2) is 47.4 Å². The lowest BCUT2D eigenvalue weighted by molar-refractivity contribution is -0.114. The molecule has 1 amide bonds. The molecule has 1 fully saturated rings. The minimum absolute atomic E-state index is 0.0528. The van der Waals surface area contributed by atoms with E-state index < -0.39 is 10.0 Å². The molecule has 2 N–H and O–H groups in total. The predicted molar refractivity (Wildman–Crippen MR) is 115 cm³/mol. The van der Waals surface area contributed by atoms with Crippen molar-refractivity contribution in [2.24, 2.45) is 0 Å². The highest BCUT2D eigenvalue weighted by Gasteiger charge is 2.26. The Kier molecular flexibility index (Phi) is 7.46. The van der Waals surface area contributed by atoms with Crippen molar-refractivity contribution in [1.29, 1.82) is 5.26 Å². The van der Waals surface area contributed by atoms with E-state index in [4.69, 9.17) is 14.7 Å². The van der Waals surface area contributed by atoms with Crippen molar-refractivity contribution in [2.75, 3.05) is 50.1 Å². The summed E-state index contributed by atoms with van der Waals surface area (Å²) >= 11 is 0. The molecule has 0 bridgehead atoms. The average molecular weight is 445 g/mol. The maximum absolute atomic E-state index is 12.7. The number of carbonyl (C=O) groups is 1. The lowest BCUT2D eigenvalue weighted by atomic mass is 10.2. The molecule has 1 aliphatic rings. The van der Waals surface area contributed by atoms with Gasteiger partial charge in [-0.3, -0.25) is 4.79 Å². The van der Waals surface area contributed by atoms with Crippen LogP contribution in [0.5, 0.6) is 5.75 Å². The van der Waals surface area contributed by atoms with E-state index in [2.05, 4.69) is 10.6 Å². The van der Waals surface area contributed by atoms with Crippen molar-refractivity contribution < 1.29 is 22.7 Å². The second kappa shape index (κ2) is 10.3. The zero-order valence-corrected chi connectivity index (χ0v) is 17.9. The summed E-state index contributed by atoms with van der Waals surface area (Å²) in [6.45, 7) is 3.64. The topological polar surface area (TPSA) is 121 Å². The van der Waals surface area contributed by atoms with Crippen LogP contribution in [0.1, 0.15) is 12.5 Å². The molecule has 1 saturated heterocycles. The third kappa shape index (κ3) is 5.73. The number of rotatable bonds is 8. The highest BCUT2D eigenvalue weighted by Crippen LogP contribution is 2.25. The smallest absolute Gasteiger partial charge is 0.243 e. The number of nitrogens with zero attached hydrogens (tertiary/aromatic N) is 2. The molecule has 9 nitrogen and oxygen atoms in total. The van der Waals surface area contributed by atoms with Crippen molar-refractivity contribution in [2.45, 2.75) is 11.8 Å². The van der Waals surface area contributed by atoms with Gasteiger partial charge in [0, 0.05) is 18.8 Å². The summed E-state index contributed by atoms with van der Waals surface area (Å²) in [5.41, 5.74) is 1.47. The molecule has 3 rings (SSSR count). The fraction of sp³-hybridized carbons (Fsp3) is 0.333. The van der Waals surface area contributed by atoms with E-state index in [1.165, 1.54) is 16.4 Å². The van der Waals surface area contributed by atoms with Gasteiger partial charge in [-0.15, -0.1) is 0 Å². The number of nitrogens with one attached hydrogen (secondary N) is 2. The first-order chi connectivity index (χ1) is 14.9. The minimum Gasteiger partial charge on any atom is -0.492 e. The van der Waals surface area contributed by atoms with Gasteiger partial charge in [0.05, 0.1) is 48.6 Å². The third-order valence-electron chi connectivity index (χ3n) is 4.59. The molecule has 31 heavy (non-hydrogen) atoms. The summed E-state index contributed by atoms with van der Waals surface area (Å²) in [5, 5.41) is 14.8. The van der Waals surface area contributed by atoms with Crippen LogP contribution in [0.3, 0.4) is 0 Å². The van der Waals surface area contributed by atoms with Crippen LogP contribution in [-0.4, -0.2) is 58.1 Å². The monoisotopic (exact) mass is 444 g/mol. The molecule has 0 aromatic heterocycles. The van der Waals surface area contributed by atoms with E-state index in [-0.39, 0.29) is 17.3 Å². The second-order valence-corrected chi connectivity index (χ2v) is 8.64. The highest BCUT2D eigenvalue weighted by molar-refractivity contribution is 7.89. The van der Waals surface area contributed by atoms with Crippen molar-refractivity contribution in [3.8, 4) is 11.8 Å². The van der Waals surface area contributed by atoms with Crippen molar-refractivity contribution in [1.82, 2.24) is 4.31 Å². The molecular weight excluding hydrogens is 420 g/mol. The summed E-state index contributed by atoms with van der Waals surface area (Å²) in [6.07, 6.45) is 0. The summed E-state index contributed by atoms with van der Waals surface area (Å²) in [4.78, 5) is 12.5. The zero-order chi connectivity index (χ0) is 22.3. The van der Waals surface area contributed by atoms with E-state index in [0.29, 0.717) is 55.6 Å². The van der Waals surface area contributed by atoms with Gasteiger partial charge in [-0.25, -0.2) is 8.42 Å². The summed E-state index contributed by atoms with van der Waals surface area (Å²) < 4.78 is 37.4. The Morgan fingerprint density at radius 1 is 1.19 bits per heavy atom. The number of benzene rings is 2. The molecule has 0 unspecified atom stereocenters. The molecule has 0 radical (unpaired) electrons. The van der Waals surface area contributed by atoms with Gasteiger partial charge < -0.3 is 20.1 Å². The fourth-order valence-corrected chi connectivity index (χ4v) is 4.45. The van der Waals surface area contributed by atoms with E-state index in [1.807, 2.05) is 13.0 Å². The first kappa shape index (κ1) is 22.6. The summed E-state index contributed by atoms with van der Waals surface area (Å²) in [5.74, 6) is 0.223. The Morgan fingerprint density at radius 2 is 1.90 bits per heavy atom. The van der Waals surface area contributed by atoms with Crippen LogP contribution >= 0.6 is 0 Å². The molecular formula is C21H24N4O5S. The van der Waals surface area contributed by atoms with Crippen LogP contribution in [0.2, 0.25) is 0 Å². The molecule has 2 aromatic rings. The van der Waals surface area contributed by atoms with Gasteiger partial charge in [-0.2, -0.15) is 9.57 Å². The van der Waals surface area contributed by atoms with E-state index >= 15 is 0 Å². The largest absolute Gasteiger partial charge is 0.492 e. The first-order valence-electron chi connectivity index (χ1n) is 9.82. The van der Waals surface area contributed by atoms with Crippen LogP contribution < -0.4 is 15.4 Å². The Bertz CT molecular complexity index is 1060. The second-order valence-electron chi connectivity index (χ2n) is 6.70. The van der Waals surface area contributed by atoms with Gasteiger partial charge in [0.1, 0.15) is 5.75 Å². The zero-order valence-electron chi connectivity index (χ0n) is 17.1. The summed E-state index contributed by atoms with van der Waals surface area (Å²) in [7, 11) is -3.58. The Labute approximate surface area is 181 Å². The Morgan fingerprint density at radius 3 is 2.55 bits per heavy atom. The molecule has 1 aliphatic heterocycles. The van der Waals surface area contributed by atoms with Crippen LogP contribution in [-0.2, 0) is 19.6 Å². The van der Waals surface area contributed by atoms with Gasteiger partial charge >= 0.3 is 0 Å². The number of ether oxygens (including phenoxy) is 2. The molecule has 10 heteroatoms. The number of hydrogen-bond acceptors (Lipinski definition) is 7. The third-order valence-corrected chi connectivity index (χ3v) is 6.51.